The quantitative estimate of drug-likeness (QED) is 0.658. The molecule has 0 N–H and O–H groups in total. The number of morpholine rings is 1. The van der Waals surface area contributed by atoms with Crippen LogP contribution in [0.2, 0.25) is 5.02 Å². The van der Waals surface area contributed by atoms with Gasteiger partial charge < -0.3 is 9.47 Å². The highest BCUT2D eigenvalue weighted by atomic mass is 35.5. The van der Waals surface area contributed by atoms with E-state index in [4.69, 9.17) is 25.9 Å². The van der Waals surface area contributed by atoms with E-state index in [1.807, 2.05) is 6.07 Å². The summed E-state index contributed by atoms with van der Waals surface area (Å²) < 4.78 is 11.2. The maximum absolute atomic E-state index is 12.7. The number of nitrogens with zero attached hydrogens (tertiary/aromatic N) is 2. The topological polar surface area (TPSA) is 68.3 Å². The number of esters is 1. The highest BCUT2D eigenvalue weighted by Gasteiger charge is 2.70. The lowest BCUT2D eigenvalue weighted by atomic mass is 9.88. The first kappa shape index (κ1) is 16.5. The molecule has 4 rings (SSSR count). The fourth-order valence-electron chi connectivity index (χ4n) is 3.76. The number of benzene rings is 1. The van der Waals surface area contributed by atoms with Gasteiger partial charge in [-0.05, 0) is 26.8 Å². The van der Waals surface area contributed by atoms with Crippen molar-refractivity contribution >= 4 is 29.4 Å². The predicted molar refractivity (Wildman–Crippen MR) is 89.0 cm³/mol. The van der Waals surface area contributed by atoms with E-state index in [0.29, 0.717) is 17.1 Å². The Labute approximate surface area is 150 Å². The minimum Gasteiger partial charge on any atom is -0.447 e. The van der Waals surface area contributed by atoms with Crippen LogP contribution in [0.4, 0.5) is 10.5 Å². The van der Waals surface area contributed by atoms with Gasteiger partial charge in [0, 0.05) is 19.0 Å². The maximum atomic E-state index is 12.7. The van der Waals surface area contributed by atoms with Crippen molar-refractivity contribution in [2.24, 2.45) is 0 Å². The third kappa shape index (κ3) is 2.22. The molecule has 0 saturated carbocycles. The number of hydroxylamine groups is 1. The van der Waals surface area contributed by atoms with Crippen LogP contribution in [-0.4, -0.2) is 41.9 Å². The van der Waals surface area contributed by atoms with Crippen molar-refractivity contribution in [3.63, 3.8) is 0 Å². The summed E-state index contributed by atoms with van der Waals surface area (Å²) in [5.41, 5.74) is -0.371. The average Bonchev–Trinajstić information content (AvgIpc) is 2.98. The molecule has 1 aromatic rings. The van der Waals surface area contributed by atoms with Crippen molar-refractivity contribution in [3.8, 4) is 0 Å². The van der Waals surface area contributed by atoms with Gasteiger partial charge in [0.05, 0.1) is 10.7 Å². The fourth-order valence-corrected chi connectivity index (χ4v) is 4.06. The van der Waals surface area contributed by atoms with Gasteiger partial charge >= 0.3 is 12.1 Å². The number of fused-ring (bicyclic) bond motifs is 2. The average molecular weight is 367 g/mol. The molecule has 3 heterocycles. The van der Waals surface area contributed by atoms with Crippen molar-refractivity contribution in [1.82, 2.24) is 4.90 Å². The van der Waals surface area contributed by atoms with Crippen molar-refractivity contribution in [2.75, 3.05) is 12.1 Å². The second-order valence-corrected chi connectivity index (χ2v) is 7.92. The maximum Gasteiger partial charge on any atom is 0.413 e. The Balaban J connectivity index is 1.80. The first-order valence-corrected chi connectivity index (χ1v) is 8.45. The molecule has 3 aliphatic rings. The molecule has 3 aliphatic heterocycles. The number of hydrogen-bond acceptors (Lipinski definition) is 6. The van der Waals surface area contributed by atoms with E-state index in [-0.39, 0.29) is 0 Å². The Bertz CT molecular complexity index is 777. The van der Waals surface area contributed by atoms with Crippen LogP contribution in [0.15, 0.2) is 18.2 Å². The van der Waals surface area contributed by atoms with Gasteiger partial charge in [0.25, 0.3) is 0 Å². The lowest BCUT2D eigenvalue weighted by Crippen LogP contribution is -2.60. The number of rotatable bonds is 0. The molecule has 1 spiro atoms. The number of anilines is 1. The Morgan fingerprint density at radius 3 is 2.80 bits per heavy atom. The van der Waals surface area contributed by atoms with E-state index in [9.17, 15) is 9.59 Å². The van der Waals surface area contributed by atoms with Gasteiger partial charge in [-0.15, -0.1) is 0 Å². The number of ether oxygens (including phenoxy) is 2. The molecule has 7 nitrogen and oxygen atoms in total. The molecule has 25 heavy (non-hydrogen) atoms. The number of likely N-dealkylation sites (tertiary alicyclic amines) is 1. The van der Waals surface area contributed by atoms with Gasteiger partial charge in [0.15, 0.2) is 5.60 Å². The van der Waals surface area contributed by atoms with Crippen LogP contribution in [0.5, 0.6) is 0 Å². The Morgan fingerprint density at radius 2 is 2.12 bits per heavy atom. The van der Waals surface area contributed by atoms with E-state index in [1.165, 1.54) is 9.96 Å². The normalized spacial score (nSPS) is 30.0. The Morgan fingerprint density at radius 1 is 1.40 bits per heavy atom. The van der Waals surface area contributed by atoms with Crippen molar-refractivity contribution in [2.45, 2.75) is 50.7 Å². The molecule has 2 bridgehead atoms. The lowest BCUT2D eigenvalue weighted by Gasteiger charge is -2.46. The van der Waals surface area contributed by atoms with E-state index in [0.717, 1.165) is 5.56 Å². The number of carbonyl (C=O) groups excluding carboxylic acids is 2. The molecule has 134 valence electrons. The minimum absolute atomic E-state index is 0.316. The lowest BCUT2D eigenvalue weighted by molar-refractivity contribution is -0.209. The Hall–Kier alpha value is -1.99. The van der Waals surface area contributed by atoms with Crippen LogP contribution >= 0.6 is 11.6 Å². The third-order valence-electron chi connectivity index (χ3n) is 4.66. The van der Waals surface area contributed by atoms with Crippen LogP contribution in [0.3, 0.4) is 0 Å². The molecular formula is C17H19ClN2O5. The molecule has 0 aromatic heterocycles. The standard InChI is InChI=1S/C17H19ClN2O5/c1-16(2,3)24-15(22)20-11-8-17(23-13(11)21)9-6-5-7-10(18)12(9)19(4)25-14(17)20/h5-7,11,14H,8H2,1-4H3/t11-,14+,17+/m0/s1. The zero-order valence-electron chi connectivity index (χ0n) is 14.4. The molecule has 0 aliphatic carbocycles. The fraction of sp³-hybridized carbons (Fsp3) is 0.529. The summed E-state index contributed by atoms with van der Waals surface area (Å²) >= 11 is 6.32. The van der Waals surface area contributed by atoms with E-state index >= 15 is 0 Å². The summed E-state index contributed by atoms with van der Waals surface area (Å²) in [4.78, 5) is 32.4. The molecule has 3 atom stereocenters. The van der Waals surface area contributed by atoms with Gasteiger partial charge in [0.2, 0.25) is 6.23 Å². The van der Waals surface area contributed by atoms with Crippen LogP contribution < -0.4 is 5.06 Å². The highest BCUT2D eigenvalue weighted by molar-refractivity contribution is 6.33. The zero-order valence-corrected chi connectivity index (χ0v) is 15.2. The minimum atomic E-state index is -1.06. The smallest absolute Gasteiger partial charge is 0.413 e. The predicted octanol–water partition coefficient (Wildman–Crippen LogP) is 2.81. The highest BCUT2D eigenvalue weighted by Crippen LogP contribution is 2.56. The van der Waals surface area contributed by atoms with Gasteiger partial charge in [-0.2, -0.15) is 0 Å². The van der Waals surface area contributed by atoms with Gasteiger partial charge in [-0.3, -0.25) is 9.96 Å². The molecule has 0 unspecified atom stereocenters. The summed E-state index contributed by atoms with van der Waals surface area (Å²) in [5, 5.41) is 2.00. The second kappa shape index (κ2) is 5.02. The van der Waals surface area contributed by atoms with Crippen LogP contribution in [-0.2, 0) is 24.7 Å². The van der Waals surface area contributed by atoms with E-state index in [1.54, 1.807) is 40.0 Å². The zero-order chi connectivity index (χ0) is 18.1. The summed E-state index contributed by atoms with van der Waals surface area (Å²) in [5.74, 6) is -0.457. The van der Waals surface area contributed by atoms with Gasteiger partial charge in [-0.25, -0.2) is 14.4 Å². The molecule has 2 saturated heterocycles. The summed E-state index contributed by atoms with van der Waals surface area (Å²) in [7, 11) is 1.71. The molecule has 8 heteroatoms. The summed E-state index contributed by atoms with van der Waals surface area (Å²) in [6.07, 6.45) is -1.07. The molecular weight excluding hydrogens is 348 g/mol. The number of hydrogen-bond donors (Lipinski definition) is 0. The Kier molecular flexibility index (Phi) is 3.31. The first-order chi connectivity index (χ1) is 11.6. The third-order valence-corrected chi connectivity index (χ3v) is 4.96. The van der Waals surface area contributed by atoms with Crippen LogP contribution in [0, 0.1) is 0 Å². The first-order valence-electron chi connectivity index (χ1n) is 8.08. The van der Waals surface area contributed by atoms with Crippen LogP contribution in [0.1, 0.15) is 32.8 Å². The number of halogens is 1. The SMILES string of the molecule is CN1O[C@H]2N(C(=O)OC(C)(C)C)[C@H]3C[C@@]2(OC3=O)c2cccc(Cl)c21. The van der Waals surface area contributed by atoms with Gasteiger partial charge in [-0.1, -0.05) is 23.7 Å². The van der Waals surface area contributed by atoms with Crippen LogP contribution in [0.25, 0.3) is 0 Å². The second-order valence-electron chi connectivity index (χ2n) is 7.51. The van der Waals surface area contributed by atoms with E-state index < -0.39 is 35.5 Å². The number of amides is 1. The van der Waals surface area contributed by atoms with Gasteiger partial charge in [0.1, 0.15) is 11.6 Å². The largest absolute Gasteiger partial charge is 0.447 e. The van der Waals surface area contributed by atoms with E-state index in [2.05, 4.69) is 0 Å². The number of para-hydroxylation sites is 1. The number of carbonyl (C=O) groups is 2. The summed E-state index contributed by atoms with van der Waals surface area (Å²) in [6.45, 7) is 5.32. The van der Waals surface area contributed by atoms with Crippen molar-refractivity contribution in [1.29, 1.82) is 0 Å². The van der Waals surface area contributed by atoms with Crippen molar-refractivity contribution < 1.29 is 23.9 Å². The monoisotopic (exact) mass is 366 g/mol. The molecule has 1 amide bonds. The summed E-state index contributed by atoms with van der Waals surface area (Å²) in [6, 6.07) is 4.65. The molecule has 1 aromatic carbocycles. The molecule has 2 fully saturated rings. The van der Waals surface area contributed by atoms with Crippen molar-refractivity contribution in [3.05, 3.63) is 28.8 Å². The molecule has 0 radical (unpaired) electrons.